The summed E-state index contributed by atoms with van der Waals surface area (Å²) in [5, 5.41) is 24.6. The van der Waals surface area contributed by atoms with Gasteiger partial charge >= 0.3 is 0 Å². The molecule has 0 aromatic heterocycles. The zero-order chi connectivity index (χ0) is 15.2. The normalized spacial score (nSPS) is 12.3. The monoisotopic (exact) mass is 284 g/mol. The van der Waals surface area contributed by atoms with Gasteiger partial charge in [-0.2, -0.15) is 0 Å². The van der Waals surface area contributed by atoms with Gasteiger partial charge in [0.15, 0.2) is 6.29 Å². The van der Waals surface area contributed by atoms with Crippen molar-refractivity contribution < 1.29 is 19.7 Å². The first-order chi connectivity index (χ1) is 10.2. The second-order valence-corrected chi connectivity index (χ2v) is 4.41. The van der Waals surface area contributed by atoms with Crippen molar-refractivity contribution in [3.63, 3.8) is 0 Å². The Balaban J connectivity index is 2.63. The highest BCUT2D eigenvalue weighted by molar-refractivity contribution is 5.88. The van der Waals surface area contributed by atoms with Crippen LogP contribution in [0.25, 0.3) is 11.3 Å². The van der Waals surface area contributed by atoms with Crippen molar-refractivity contribution >= 4 is 11.3 Å². The third-order valence-electron chi connectivity index (χ3n) is 3.12. The lowest BCUT2D eigenvalue weighted by molar-refractivity contribution is -0.274. The highest BCUT2D eigenvalue weighted by Gasteiger charge is 2.16. The van der Waals surface area contributed by atoms with Gasteiger partial charge in [0.1, 0.15) is 0 Å². The van der Waals surface area contributed by atoms with Crippen LogP contribution < -0.4 is 10.2 Å². The van der Waals surface area contributed by atoms with Gasteiger partial charge in [0.25, 0.3) is 0 Å². The van der Waals surface area contributed by atoms with Gasteiger partial charge in [0.05, 0.1) is 0 Å². The summed E-state index contributed by atoms with van der Waals surface area (Å²) in [4.78, 5) is 0. The van der Waals surface area contributed by atoms with Crippen LogP contribution in [0, 0.1) is 0 Å². The van der Waals surface area contributed by atoms with Gasteiger partial charge in [-0.25, -0.2) is 0 Å². The maximum Gasteiger partial charge on any atom is 0.183 e. The molecule has 0 aliphatic heterocycles. The molecule has 2 aromatic rings. The second kappa shape index (κ2) is 6.92. The Kier molecular flexibility index (Phi) is 4.98. The van der Waals surface area contributed by atoms with Gasteiger partial charge in [0.2, 0.25) is 0 Å². The van der Waals surface area contributed by atoms with Gasteiger partial charge in [-0.05, 0) is 11.1 Å². The first-order valence-electron chi connectivity index (χ1n) is 6.47. The maximum atomic E-state index is 12.7. The summed E-state index contributed by atoms with van der Waals surface area (Å²) < 4.78 is 10.4. The van der Waals surface area contributed by atoms with Crippen LogP contribution >= 0.6 is 0 Å². The predicted molar refractivity (Wildman–Crippen MR) is 77.0 cm³/mol. The van der Waals surface area contributed by atoms with Gasteiger partial charge in [-0.1, -0.05) is 60.4 Å². The molecule has 0 fully saturated rings. The van der Waals surface area contributed by atoms with E-state index in [2.05, 4.69) is 0 Å². The van der Waals surface area contributed by atoms with E-state index in [0.29, 0.717) is 11.1 Å². The van der Waals surface area contributed by atoms with Crippen LogP contribution in [-0.2, 0) is 9.47 Å². The van der Waals surface area contributed by atoms with Gasteiger partial charge in [-0.15, -0.1) is 5.75 Å². The third kappa shape index (κ3) is 3.24. The molecule has 0 saturated heterocycles. The molecule has 0 radical (unpaired) electrons. The Morgan fingerprint density at radius 1 is 0.905 bits per heavy atom. The van der Waals surface area contributed by atoms with E-state index in [4.69, 9.17) is 9.47 Å². The van der Waals surface area contributed by atoms with Crippen molar-refractivity contribution in [2.75, 3.05) is 14.2 Å². The van der Waals surface area contributed by atoms with Crippen molar-refractivity contribution in [3.8, 4) is 5.75 Å². The minimum atomic E-state index is -0.834. The fourth-order valence-electron chi connectivity index (χ4n) is 2.12. The Morgan fingerprint density at radius 3 is 2.05 bits per heavy atom. The van der Waals surface area contributed by atoms with Crippen LogP contribution in [0.15, 0.2) is 54.6 Å². The number of ether oxygens (including phenoxy) is 2. The SMILES string of the molecule is COC(OC)/C(=C(/[O-])c1ccccc1[O-])c1ccccc1. The number of hydrogen-bond donors (Lipinski definition) is 0. The van der Waals surface area contributed by atoms with E-state index >= 15 is 0 Å². The average molecular weight is 284 g/mol. The summed E-state index contributed by atoms with van der Waals surface area (Å²) in [6, 6.07) is 15.2. The molecule has 0 spiro atoms. The molecule has 0 N–H and O–H groups in total. The van der Waals surface area contributed by atoms with Crippen LogP contribution in [0.2, 0.25) is 0 Å². The molecule has 4 nitrogen and oxygen atoms in total. The molecule has 0 unspecified atom stereocenters. The largest absolute Gasteiger partial charge is 0.872 e. The molecule has 21 heavy (non-hydrogen) atoms. The molecule has 110 valence electrons. The number of para-hydroxylation sites is 1. The summed E-state index contributed by atoms with van der Waals surface area (Å²) in [5.74, 6) is -0.706. The molecule has 2 rings (SSSR count). The van der Waals surface area contributed by atoms with Crippen molar-refractivity contribution in [1.82, 2.24) is 0 Å². The Bertz CT molecular complexity index is 616. The van der Waals surface area contributed by atoms with Crippen molar-refractivity contribution in [3.05, 3.63) is 65.7 Å². The lowest BCUT2D eigenvalue weighted by Crippen LogP contribution is -2.21. The third-order valence-corrected chi connectivity index (χ3v) is 3.12. The molecule has 0 bridgehead atoms. The minimum Gasteiger partial charge on any atom is -0.872 e. The van der Waals surface area contributed by atoms with Crippen LogP contribution in [0.3, 0.4) is 0 Å². The van der Waals surface area contributed by atoms with E-state index in [1.54, 1.807) is 24.3 Å². The molecule has 0 saturated carbocycles. The lowest BCUT2D eigenvalue weighted by Gasteiger charge is -2.28. The Hall–Kier alpha value is -2.30. The molecule has 0 aliphatic carbocycles. The molecule has 0 heterocycles. The molecule has 4 heteroatoms. The molecular formula is C17H16O4-2. The van der Waals surface area contributed by atoms with Gasteiger partial charge < -0.3 is 19.7 Å². The topological polar surface area (TPSA) is 64.6 Å². The lowest BCUT2D eigenvalue weighted by atomic mass is 10.00. The van der Waals surface area contributed by atoms with Crippen LogP contribution in [-0.4, -0.2) is 20.5 Å². The second-order valence-electron chi connectivity index (χ2n) is 4.41. The number of methoxy groups -OCH3 is 2. The first-order valence-corrected chi connectivity index (χ1v) is 6.47. The van der Waals surface area contributed by atoms with E-state index in [1.165, 1.54) is 26.4 Å². The number of benzene rings is 2. The highest BCUT2D eigenvalue weighted by Crippen LogP contribution is 2.30. The quantitative estimate of drug-likeness (QED) is 0.475. The summed E-state index contributed by atoms with van der Waals surface area (Å²) in [7, 11) is 2.90. The van der Waals surface area contributed by atoms with E-state index in [-0.39, 0.29) is 17.1 Å². The van der Waals surface area contributed by atoms with Crippen LogP contribution in [0.1, 0.15) is 11.1 Å². The standard InChI is InChI=1S/C17H18O4/c1-20-17(21-2)15(12-8-4-3-5-9-12)16(19)13-10-6-7-11-14(13)18/h3-11,17-19H,1-2H3/p-2/b16-15+. The average Bonchev–Trinajstić information content (AvgIpc) is 2.53. The van der Waals surface area contributed by atoms with Crippen molar-refractivity contribution in [2.45, 2.75) is 6.29 Å². The van der Waals surface area contributed by atoms with Gasteiger partial charge in [-0.3, -0.25) is 0 Å². The summed E-state index contributed by atoms with van der Waals surface area (Å²) in [5.41, 5.74) is 1.08. The van der Waals surface area contributed by atoms with Crippen LogP contribution in [0.4, 0.5) is 0 Å². The highest BCUT2D eigenvalue weighted by atomic mass is 16.7. The fraction of sp³-hybridized carbons (Fsp3) is 0.176. The summed E-state index contributed by atoms with van der Waals surface area (Å²) in [6.45, 7) is 0. The van der Waals surface area contributed by atoms with Crippen LogP contribution in [0.5, 0.6) is 5.75 Å². The van der Waals surface area contributed by atoms with Gasteiger partial charge in [0, 0.05) is 19.8 Å². The maximum absolute atomic E-state index is 12.7. The summed E-state index contributed by atoms with van der Waals surface area (Å²) >= 11 is 0. The minimum absolute atomic E-state index is 0.107. The zero-order valence-corrected chi connectivity index (χ0v) is 11.9. The summed E-state index contributed by atoms with van der Waals surface area (Å²) in [6.07, 6.45) is -0.834. The molecule has 0 amide bonds. The van der Waals surface area contributed by atoms with E-state index in [9.17, 15) is 10.2 Å². The predicted octanol–water partition coefficient (Wildman–Crippen LogP) is 1.61. The number of hydrogen-bond acceptors (Lipinski definition) is 4. The molecular weight excluding hydrogens is 268 g/mol. The number of rotatable bonds is 5. The van der Waals surface area contributed by atoms with Crippen molar-refractivity contribution in [1.29, 1.82) is 0 Å². The van der Waals surface area contributed by atoms with E-state index < -0.39 is 6.29 Å². The van der Waals surface area contributed by atoms with E-state index in [0.717, 1.165) is 0 Å². The molecule has 0 atom stereocenters. The Labute approximate surface area is 123 Å². The smallest absolute Gasteiger partial charge is 0.183 e. The van der Waals surface area contributed by atoms with Crippen molar-refractivity contribution in [2.24, 2.45) is 0 Å². The fourth-order valence-corrected chi connectivity index (χ4v) is 2.12. The molecule has 2 aromatic carbocycles. The first kappa shape index (κ1) is 15.1. The zero-order valence-electron chi connectivity index (χ0n) is 11.9. The Morgan fingerprint density at radius 2 is 1.48 bits per heavy atom. The molecule has 0 aliphatic rings. The van der Waals surface area contributed by atoms with E-state index in [1.807, 2.05) is 18.2 Å².